The van der Waals surface area contributed by atoms with E-state index in [0.29, 0.717) is 5.75 Å². The third-order valence-electron chi connectivity index (χ3n) is 5.08. The number of para-hydroxylation sites is 1. The number of Topliss-reactive ketones (excluding diaryl/α,β-unsaturated/α-hetero) is 1. The van der Waals surface area contributed by atoms with E-state index in [1.165, 1.54) is 14.0 Å². The number of benzene rings is 2. The van der Waals surface area contributed by atoms with Crippen molar-refractivity contribution in [2.75, 3.05) is 19.2 Å². The molecule has 2 aromatic carbocycles. The summed E-state index contributed by atoms with van der Waals surface area (Å²) in [5, 5.41) is 8.84. The first kappa shape index (κ1) is 22.0. The van der Waals surface area contributed by atoms with E-state index in [1.807, 2.05) is 30.3 Å². The number of carbonyl (C=O) groups is 3. The van der Waals surface area contributed by atoms with Crippen LogP contribution in [0.25, 0.3) is 0 Å². The summed E-state index contributed by atoms with van der Waals surface area (Å²) in [6.45, 7) is 1.48. The third kappa shape index (κ3) is 5.28. The molecule has 2 atom stereocenters. The summed E-state index contributed by atoms with van der Waals surface area (Å²) < 4.78 is 9.95. The second-order valence-electron chi connectivity index (χ2n) is 7.14. The van der Waals surface area contributed by atoms with E-state index in [-0.39, 0.29) is 24.3 Å². The monoisotopic (exact) mass is 423 g/mol. The van der Waals surface area contributed by atoms with Crippen molar-refractivity contribution < 1.29 is 23.9 Å². The number of methoxy groups -OCH3 is 2. The van der Waals surface area contributed by atoms with Crippen LogP contribution in [0, 0.1) is 0 Å². The fourth-order valence-electron chi connectivity index (χ4n) is 3.36. The number of nitrogens with one attached hydrogen (secondary N) is 1. The van der Waals surface area contributed by atoms with Crippen LogP contribution in [0.4, 0.5) is 5.69 Å². The average molecular weight is 423 g/mol. The minimum Gasteiger partial charge on any atom is -0.497 e. The molecule has 8 heteroatoms. The minimum absolute atomic E-state index is 0.0413. The van der Waals surface area contributed by atoms with Gasteiger partial charge in [0.1, 0.15) is 17.5 Å². The Hall–Kier alpha value is -3.68. The van der Waals surface area contributed by atoms with Crippen LogP contribution in [-0.4, -0.2) is 43.6 Å². The van der Waals surface area contributed by atoms with Crippen molar-refractivity contribution in [2.45, 2.75) is 31.8 Å². The molecule has 0 aromatic heterocycles. The Morgan fingerprint density at radius 3 is 2.35 bits per heavy atom. The predicted octanol–water partition coefficient (Wildman–Crippen LogP) is 2.64. The predicted molar refractivity (Wildman–Crippen MR) is 116 cm³/mol. The van der Waals surface area contributed by atoms with Gasteiger partial charge in [0.25, 0.3) is 5.91 Å². The summed E-state index contributed by atoms with van der Waals surface area (Å²) in [6.07, 6.45) is 0.143. The zero-order valence-corrected chi connectivity index (χ0v) is 17.7. The fraction of sp³-hybridized carbons (Fsp3) is 0.304. The Morgan fingerprint density at radius 1 is 1.10 bits per heavy atom. The van der Waals surface area contributed by atoms with E-state index in [2.05, 4.69) is 10.4 Å². The molecule has 162 valence electrons. The lowest BCUT2D eigenvalue weighted by atomic mass is 10.0. The molecule has 3 rings (SSSR count). The Balaban J connectivity index is 1.83. The minimum atomic E-state index is -0.616. The van der Waals surface area contributed by atoms with E-state index >= 15 is 0 Å². The number of rotatable bonds is 8. The fourth-order valence-corrected chi connectivity index (χ4v) is 3.36. The van der Waals surface area contributed by atoms with Gasteiger partial charge in [-0.2, -0.15) is 5.10 Å². The average Bonchev–Trinajstić information content (AvgIpc) is 3.25. The molecule has 0 aliphatic carbocycles. The number of hydrazone groups is 1. The number of nitrogens with zero attached hydrogens (tertiary/aromatic N) is 2. The second-order valence-corrected chi connectivity index (χ2v) is 7.14. The van der Waals surface area contributed by atoms with Crippen molar-refractivity contribution in [2.24, 2.45) is 5.10 Å². The molecular weight excluding hydrogens is 398 g/mol. The number of hydrogen-bond acceptors (Lipinski definition) is 7. The highest BCUT2D eigenvalue weighted by molar-refractivity contribution is 6.40. The van der Waals surface area contributed by atoms with Crippen molar-refractivity contribution >= 4 is 29.1 Å². The third-order valence-corrected chi connectivity index (χ3v) is 5.08. The maximum atomic E-state index is 13.0. The van der Waals surface area contributed by atoms with Crippen molar-refractivity contribution in [3.8, 4) is 5.75 Å². The summed E-state index contributed by atoms with van der Waals surface area (Å²) >= 11 is 0. The lowest BCUT2D eigenvalue weighted by Crippen LogP contribution is -2.36. The Labute approximate surface area is 180 Å². The maximum Gasteiger partial charge on any atom is 0.307 e. The molecule has 1 N–H and O–H groups in total. The smallest absolute Gasteiger partial charge is 0.307 e. The van der Waals surface area contributed by atoms with Gasteiger partial charge in [-0.15, -0.1) is 0 Å². The molecule has 0 saturated carbocycles. The van der Waals surface area contributed by atoms with Gasteiger partial charge in [-0.05, 0) is 36.8 Å². The zero-order valence-electron chi connectivity index (χ0n) is 17.7. The van der Waals surface area contributed by atoms with Gasteiger partial charge < -0.3 is 14.8 Å². The number of ether oxygens (including phenoxy) is 2. The van der Waals surface area contributed by atoms with Crippen molar-refractivity contribution in [1.29, 1.82) is 0 Å². The topological polar surface area (TPSA) is 97.3 Å². The molecule has 1 aliphatic heterocycles. The first-order valence-electron chi connectivity index (χ1n) is 9.86. The van der Waals surface area contributed by atoms with Gasteiger partial charge in [0.05, 0.1) is 32.4 Å². The summed E-state index contributed by atoms with van der Waals surface area (Å²) in [4.78, 5) is 37.1. The Bertz CT molecular complexity index is 972. The van der Waals surface area contributed by atoms with Crippen LogP contribution in [0.5, 0.6) is 5.75 Å². The quantitative estimate of drug-likeness (QED) is 0.656. The van der Waals surface area contributed by atoms with Gasteiger partial charge in [-0.3, -0.25) is 19.4 Å². The number of ketones is 1. The summed E-state index contributed by atoms with van der Waals surface area (Å²) in [5.41, 5.74) is 1.68. The number of carbonyl (C=O) groups excluding carboxylic acids is 3. The van der Waals surface area contributed by atoms with Crippen molar-refractivity contribution in [3.63, 3.8) is 0 Å². The highest BCUT2D eigenvalue weighted by Gasteiger charge is 2.35. The molecule has 0 saturated heterocycles. The van der Waals surface area contributed by atoms with Crippen LogP contribution in [0.1, 0.15) is 31.4 Å². The van der Waals surface area contributed by atoms with Gasteiger partial charge in [-0.1, -0.05) is 30.3 Å². The largest absolute Gasteiger partial charge is 0.497 e. The van der Waals surface area contributed by atoms with Crippen LogP contribution in [-0.2, 0) is 19.1 Å². The Kier molecular flexibility index (Phi) is 7.02. The van der Waals surface area contributed by atoms with Crippen molar-refractivity contribution in [3.05, 3.63) is 60.2 Å². The molecule has 8 nitrogen and oxygen atoms in total. The summed E-state index contributed by atoms with van der Waals surface area (Å²) in [5.74, 6) is -0.317. The van der Waals surface area contributed by atoms with E-state index in [4.69, 9.17) is 9.47 Å². The highest BCUT2D eigenvalue weighted by atomic mass is 16.5. The number of anilines is 1. The summed E-state index contributed by atoms with van der Waals surface area (Å²) in [7, 11) is 2.86. The lowest BCUT2D eigenvalue weighted by molar-refractivity contribution is -0.141. The molecule has 2 unspecified atom stereocenters. The van der Waals surface area contributed by atoms with Crippen LogP contribution in [0.2, 0.25) is 0 Å². The number of amides is 1. The van der Waals surface area contributed by atoms with E-state index in [1.54, 1.807) is 36.4 Å². The van der Waals surface area contributed by atoms with Gasteiger partial charge in [0, 0.05) is 6.42 Å². The lowest BCUT2D eigenvalue weighted by Gasteiger charge is -2.20. The zero-order chi connectivity index (χ0) is 22.4. The van der Waals surface area contributed by atoms with Gasteiger partial charge in [0.2, 0.25) is 0 Å². The molecular formula is C23H25N3O5. The van der Waals surface area contributed by atoms with Crippen LogP contribution < -0.4 is 15.1 Å². The molecule has 0 fully saturated rings. The van der Waals surface area contributed by atoms with Crippen LogP contribution in [0.15, 0.2) is 59.7 Å². The Morgan fingerprint density at radius 2 is 1.77 bits per heavy atom. The van der Waals surface area contributed by atoms with E-state index in [9.17, 15) is 14.4 Å². The van der Waals surface area contributed by atoms with Gasteiger partial charge in [-0.25, -0.2) is 0 Å². The molecule has 2 aromatic rings. The standard InChI is InChI=1S/C23H25N3O5/c1-15(27)21-13-20(25-26(21)17-7-5-4-6-8-17)23(29)24-19(14-22(28)31-3)16-9-11-18(30-2)12-10-16/h4-12,19,21H,13-14H2,1-3H3,(H,24,29). The first-order valence-corrected chi connectivity index (χ1v) is 9.86. The first-order chi connectivity index (χ1) is 14.9. The molecule has 0 bridgehead atoms. The SMILES string of the molecule is COC(=O)CC(NC(=O)C1=NN(c2ccccc2)C(C(C)=O)C1)c1ccc(OC)cc1. The highest BCUT2D eigenvalue weighted by Crippen LogP contribution is 2.26. The molecule has 1 heterocycles. The van der Waals surface area contributed by atoms with E-state index < -0.39 is 24.0 Å². The summed E-state index contributed by atoms with van der Waals surface area (Å²) in [6, 6.07) is 15.1. The number of hydrogen-bond donors (Lipinski definition) is 1. The molecule has 0 spiro atoms. The van der Waals surface area contributed by atoms with Crippen LogP contribution >= 0.6 is 0 Å². The van der Waals surface area contributed by atoms with E-state index in [0.717, 1.165) is 11.3 Å². The van der Waals surface area contributed by atoms with Gasteiger partial charge in [0.15, 0.2) is 5.78 Å². The van der Waals surface area contributed by atoms with Crippen LogP contribution in [0.3, 0.4) is 0 Å². The second kappa shape index (κ2) is 9.88. The maximum absolute atomic E-state index is 13.0. The normalized spacial score (nSPS) is 16.3. The molecule has 31 heavy (non-hydrogen) atoms. The number of esters is 1. The van der Waals surface area contributed by atoms with Gasteiger partial charge >= 0.3 is 5.97 Å². The molecule has 1 aliphatic rings. The molecule has 0 radical (unpaired) electrons. The molecule has 1 amide bonds. The van der Waals surface area contributed by atoms with Crippen molar-refractivity contribution in [1.82, 2.24) is 5.32 Å².